The van der Waals surface area contributed by atoms with E-state index in [9.17, 15) is 19.4 Å². The van der Waals surface area contributed by atoms with Crippen molar-refractivity contribution in [3.05, 3.63) is 24.3 Å². The van der Waals surface area contributed by atoms with Crippen molar-refractivity contribution in [3.63, 3.8) is 0 Å². The maximum atomic E-state index is 14.3. The molecule has 2 rings (SSSR count). The number of allylic oxidation sites excluding steroid dienone is 2. The SMILES string of the molecule is O=C(O)CCC/C=C/CC1C(F)CC(O)C1/C=C/C(O)C1CCCCC1. The first kappa shape index (κ1) is 21.1. The molecular formula is C21H33FO4. The molecule has 2 aliphatic rings. The van der Waals surface area contributed by atoms with Gasteiger partial charge in [0.1, 0.15) is 6.17 Å². The van der Waals surface area contributed by atoms with Crippen molar-refractivity contribution in [1.29, 1.82) is 0 Å². The zero-order valence-electron chi connectivity index (χ0n) is 15.5. The van der Waals surface area contributed by atoms with E-state index in [1.54, 1.807) is 6.08 Å². The van der Waals surface area contributed by atoms with Crippen LogP contribution in [-0.2, 0) is 4.79 Å². The molecule has 0 aromatic carbocycles. The molecule has 4 nitrogen and oxygen atoms in total. The van der Waals surface area contributed by atoms with Crippen molar-refractivity contribution in [1.82, 2.24) is 0 Å². The number of alkyl halides is 1. The van der Waals surface area contributed by atoms with Crippen LogP contribution >= 0.6 is 0 Å². The van der Waals surface area contributed by atoms with Gasteiger partial charge in [-0.05, 0) is 38.0 Å². The maximum Gasteiger partial charge on any atom is 0.303 e. The van der Waals surface area contributed by atoms with Gasteiger partial charge in [-0.25, -0.2) is 4.39 Å². The zero-order chi connectivity index (χ0) is 18.9. The molecular weight excluding hydrogens is 335 g/mol. The third-order valence-corrected chi connectivity index (χ3v) is 5.87. The average molecular weight is 368 g/mol. The van der Waals surface area contributed by atoms with Gasteiger partial charge in [-0.15, -0.1) is 0 Å². The fraction of sp³-hybridized carbons (Fsp3) is 0.762. The predicted molar refractivity (Wildman–Crippen MR) is 99.5 cm³/mol. The summed E-state index contributed by atoms with van der Waals surface area (Å²) in [7, 11) is 0. The fourth-order valence-corrected chi connectivity index (χ4v) is 4.28. The molecule has 0 aromatic rings. The Kier molecular flexibility index (Phi) is 8.79. The number of carboxylic acids is 1. The minimum atomic E-state index is -1.05. The number of aliphatic hydroxyl groups is 2. The molecule has 0 radical (unpaired) electrons. The van der Waals surface area contributed by atoms with Crippen LogP contribution in [0.2, 0.25) is 0 Å². The highest BCUT2D eigenvalue weighted by Gasteiger charge is 2.40. The average Bonchev–Trinajstić information content (AvgIpc) is 2.89. The molecule has 0 aromatic heterocycles. The molecule has 0 heterocycles. The normalized spacial score (nSPS) is 31.8. The molecule has 2 fully saturated rings. The van der Waals surface area contributed by atoms with Gasteiger partial charge in [0, 0.05) is 24.7 Å². The van der Waals surface area contributed by atoms with Gasteiger partial charge in [-0.2, -0.15) is 0 Å². The van der Waals surface area contributed by atoms with Gasteiger partial charge < -0.3 is 15.3 Å². The van der Waals surface area contributed by atoms with Crippen LogP contribution in [0, 0.1) is 17.8 Å². The smallest absolute Gasteiger partial charge is 0.303 e. The van der Waals surface area contributed by atoms with Gasteiger partial charge in [-0.1, -0.05) is 43.6 Å². The Balaban J connectivity index is 1.84. The Hall–Kier alpha value is -1.20. The number of carbonyl (C=O) groups is 1. The quantitative estimate of drug-likeness (QED) is 0.424. The van der Waals surface area contributed by atoms with E-state index < -0.39 is 24.3 Å². The van der Waals surface area contributed by atoms with Crippen LogP contribution in [0.5, 0.6) is 0 Å². The molecule has 2 aliphatic carbocycles. The number of carboxylic acid groups (broad SMARTS) is 1. The summed E-state index contributed by atoms with van der Waals surface area (Å²) in [4.78, 5) is 10.5. The predicted octanol–water partition coefficient (Wildman–Crippen LogP) is 4.02. The first-order chi connectivity index (χ1) is 12.5. The lowest BCUT2D eigenvalue weighted by Crippen LogP contribution is -2.23. The van der Waals surface area contributed by atoms with E-state index >= 15 is 0 Å². The first-order valence-electron chi connectivity index (χ1n) is 10.0. The summed E-state index contributed by atoms with van der Waals surface area (Å²) in [6.07, 6.45) is 12.8. The molecule has 3 N–H and O–H groups in total. The third-order valence-electron chi connectivity index (χ3n) is 5.87. The Morgan fingerprint density at radius 1 is 1.19 bits per heavy atom. The van der Waals surface area contributed by atoms with E-state index in [-0.39, 0.29) is 30.6 Å². The zero-order valence-corrected chi connectivity index (χ0v) is 15.5. The van der Waals surface area contributed by atoms with Gasteiger partial charge in [0.25, 0.3) is 0 Å². The number of aliphatic carboxylic acids is 1. The summed E-state index contributed by atoms with van der Waals surface area (Å²) in [5, 5.41) is 29.2. The van der Waals surface area contributed by atoms with E-state index in [1.807, 2.05) is 18.2 Å². The third kappa shape index (κ3) is 6.51. The highest BCUT2D eigenvalue weighted by atomic mass is 19.1. The monoisotopic (exact) mass is 368 g/mol. The summed E-state index contributed by atoms with van der Waals surface area (Å²) < 4.78 is 14.3. The Morgan fingerprint density at radius 3 is 2.62 bits per heavy atom. The topological polar surface area (TPSA) is 77.8 Å². The van der Waals surface area contributed by atoms with Crippen molar-refractivity contribution in [3.8, 4) is 0 Å². The Bertz CT molecular complexity index is 484. The van der Waals surface area contributed by atoms with E-state index in [2.05, 4.69) is 0 Å². The van der Waals surface area contributed by atoms with Crippen molar-refractivity contribution < 1.29 is 24.5 Å². The minimum absolute atomic E-state index is 0.142. The van der Waals surface area contributed by atoms with Gasteiger partial charge >= 0.3 is 5.97 Å². The Morgan fingerprint density at radius 2 is 1.92 bits per heavy atom. The molecule has 26 heavy (non-hydrogen) atoms. The molecule has 0 bridgehead atoms. The molecule has 5 unspecified atom stereocenters. The number of aliphatic hydroxyl groups excluding tert-OH is 2. The summed E-state index contributed by atoms with van der Waals surface area (Å²) in [5.41, 5.74) is 0. The van der Waals surface area contributed by atoms with Gasteiger partial charge in [0.15, 0.2) is 0 Å². The largest absolute Gasteiger partial charge is 0.481 e. The van der Waals surface area contributed by atoms with Crippen LogP contribution in [0.4, 0.5) is 4.39 Å². The van der Waals surface area contributed by atoms with E-state index in [0.29, 0.717) is 19.3 Å². The number of hydrogen-bond donors (Lipinski definition) is 3. The molecule has 0 saturated heterocycles. The summed E-state index contributed by atoms with van der Waals surface area (Å²) >= 11 is 0. The molecule has 2 saturated carbocycles. The highest BCUT2D eigenvalue weighted by Crippen LogP contribution is 2.38. The second-order valence-electron chi connectivity index (χ2n) is 7.83. The first-order valence-corrected chi connectivity index (χ1v) is 10.0. The lowest BCUT2D eigenvalue weighted by atomic mass is 9.84. The van der Waals surface area contributed by atoms with Gasteiger partial charge in [0.2, 0.25) is 0 Å². The summed E-state index contributed by atoms with van der Waals surface area (Å²) in [6, 6.07) is 0. The number of unbranched alkanes of at least 4 members (excludes halogenated alkanes) is 1. The van der Waals surface area contributed by atoms with Crippen LogP contribution in [0.25, 0.3) is 0 Å². The lowest BCUT2D eigenvalue weighted by Gasteiger charge is -2.25. The van der Waals surface area contributed by atoms with E-state index in [1.165, 1.54) is 6.42 Å². The number of hydrogen-bond acceptors (Lipinski definition) is 3. The Labute approximate surface area is 155 Å². The number of halogens is 1. The second-order valence-corrected chi connectivity index (χ2v) is 7.83. The molecule has 5 atom stereocenters. The molecule has 0 amide bonds. The number of rotatable bonds is 9. The van der Waals surface area contributed by atoms with Gasteiger partial charge in [-0.3, -0.25) is 4.79 Å². The standard InChI is InChI=1S/C21H33FO4/c22-18-14-20(24)17(12-13-19(23)15-8-4-3-5-9-15)16(18)10-6-1-2-7-11-21(25)26/h1,6,12-13,15-20,23-24H,2-5,7-11,14H2,(H,25,26)/b6-1+,13-12+. The van der Waals surface area contributed by atoms with Crippen LogP contribution < -0.4 is 0 Å². The maximum absolute atomic E-state index is 14.3. The van der Waals surface area contributed by atoms with E-state index in [4.69, 9.17) is 5.11 Å². The van der Waals surface area contributed by atoms with Crippen molar-refractivity contribution in [2.24, 2.45) is 17.8 Å². The van der Waals surface area contributed by atoms with Crippen LogP contribution in [-0.4, -0.2) is 39.7 Å². The van der Waals surface area contributed by atoms with Crippen molar-refractivity contribution in [2.75, 3.05) is 0 Å². The molecule has 148 valence electrons. The van der Waals surface area contributed by atoms with Crippen LogP contribution in [0.3, 0.4) is 0 Å². The summed E-state index contributed by atoms with van der Waals surface area (Å²) in [6.45, 7) is 0. The lowest BCUT2D eigenvalue weighted by molar-refractivity contribution is -0.137. The summed E-state index contributed by atoms with van der Waals surface area (Å²) in [5.74, 6) is -1.07. The van der Waals surface area contributed by atoms with Gasteiger partial charge in [0.05, 0.1) is 12.2 Å². The van der Waals surface area contributed by atoms with E-state index in [0.717, 1.165) is 25.7 Å². The molecule has 0 aliphatic heterocycles. The molecule has 5 heteroatoms. The van der Waals surface area contributed by atoms with Crippen molar-refractivity contribution >= 4 is 5.97 Å². The van der Waals surface area contributed by atoms with Crippen LogP contribution in [0.15, 0.2) is 24.3 Å². The highest BCUT2D eigenvalue weighted by molar-refractivity contribution is 5.66. The molecule has 0 spiro atoms. The minimum Gasteiger partial charge on any atom is -0.481 e. The van der Waals surface area contributed by atoms with Crippen LogP contribution in [0.1, 0.15) is 64.2 Å². The second kappa shape index (κ2) is 10.8. The van der Waals surface area contributed by atoms with Crippen molar-refractivity contribution in [2.45, 2.75) is 82.6 Å². The fourth-order valence-electron chi connectivity index (χ4n) is 4.28.